The number of nitrogens with zero attached hydrogens (tertiary/aromatic N) is 2. The monoisotopic (exact) mass is 275 g/mol. The van der Waals surface area contributed by atoms with Crippen molar-refractivity contribution in [3.63, 3.8) is 0 Å². The third-order valence-corrected chi connectivity index (χ3v) is 4.95. The summed E-state index contributed by atoms with van der Waals surface area (Å²) in [6.07, 6.45) is 1.61. The fourth-order valence-corrected chi connectivity index (χ4v) is 3.63. The molecule has 0 saturated heterocycles. The lowest BCUT2D eigenvalue weighted by Gasteiger charge is -2.04. The van der Waals surface area contributed by atoms with E-state index in [-0.39, 0.29) is 0 Å². The van der Waals surface area contributed by atoms with Crippen molar-refractivity contribution in [2.75, 3.05) is 5.32 Å². The molecule has 0 atom stereocenters. The summed E-state index contributed by atoms with van der Waals surface area (Å²) in [5.74, 6) is 0.929. The van der Waals surface area contributed by atoms with E-state index in [1.54, 1.807) is 17.7 Å². The van der Waals surface area contributed by atoms with Gasteiger partial charge < -0.3 is 5.32 Å². The Bertz CT molecular complexity index is 665. The number of anilines is 1. The van der Waals surface area contributed by atoms with Gasteiger partial charge in [0, 0.05) is 9.75 Å². The Morgan fingerprint density at radius 1 is 1.28 bits per heavy atom. The van der Waals surface area contributed by atoms with Gasteiger partial charge in [-0.15, -0.1) is 22.7 Å². The molecule has 0 unspecified atom stereocenters. The summed E-state index contributed by atoms with van der Waals surface area (Å²) in [4.78, 5) is 11.3. The summed E-state index contributed by atoms with van der Waals surface area (Å²) in [6.45, 7) is 5.13. The molecule has 18 heavy (non-hydrogen) atoms. The van der Waals surface area contributed by atoms with Crippen LogP contribution < -0.4 is 5.32 Å². The van der Waals surface area contributed by atoms with Gasteiger partial charge in [-0.05, 0) is 36.9 Å². The Morgan fingerprint density at radius 3 is 2.94 bits per heavy atom. The van der Waals surface area contributed by atoms with Gasteiger partial charge in [0.25, 0.3) is 0 Å². The van der Waals surface area contributed by atoms with Crippen LogP contribution in [-0.4, -0.2) is 9.97 Å². The van der Waals surface area contributed by atoms with Crippen LogP contribution in [0.4, 0.5) is 5.82 Å². The molecule has 3 nitrogen and oxygen atoms in total. The summed E-state index contributed by atoms with van der Waals surface area (Å²) in [6, 6.07) is 4.26. The number of hydrogen-bond donors (Lipinski definition) is 1. The highest BCUT2D eigenvalue weighted by Gasteiger charge is 2.06. The van der Waals surface area contributed by atoms with Crippen LogP contribution in [0.5, 0.6) is 0 Å². The van der Waals surface area contributed by atoms with Crippen molar-refractivity contribution in [1.29, 1.82) is 0 Å². The van der Waals surface area contributed by atoms with E-state index in [1.165, 1.54) is 15.3 Å². The van der Waals surface area contributed by atoms with Gasteiger partial charge in [0.2, 0.25) is 0 Å². The fraction of sp³-hybridized carbons (Fsp3) is 0.231. The molecule has 3 rings (SSSR count). The molecule has 0 radical (unpaired) electrons. The van der Waals surface area contributed by atoms with Crippen LogP contribution in [0.2, 0.25) is 0 Å². The molecule has 0 amide bonds. The second-order valence-electron chi connectivity index (χ2n) is 4.16. The van der Waals surface area contributed by atoms with Crippen molar-refractivity contribution in [1.82, 2.24) is 9.97 Å². The molecule has 3 heterocycles. The lowest BCUT2D eigenvalue weighted by atomic mass is 10.3. The molecule has 0 aliphatic heterocycles. The maximum Gasteiger partial charge on any atom is 0.147 e. The van der Waals surface area contributed by atoms with Crippen molar-refractivity contribution in [3.8, 4) is 0 Å². The van der Waals surface area contributed by atoms with Gasteiger partial charge in [-0.3, -0.25) is 0 Å². The van der Waals surface area contributed by atoms with E-state index in [4.69, 9.17) is 0 Å². The van der Waals surface area contributed by atoms with Gasteiger partial charge >= 0.3 is 0 Å². The third-order valence-electron chi connectivity index (χ3n) is 2.89. The van der Waals surface area contributed by atoms with Crippen LogP contribution in [0.1, 0.15) is 15.3 Å². The predicted molar refractivity (Wildman–Crippen MR) is 78.5 cm³/mol. The Morgan fingerprint density at radius 2 is 2.17 bits per heavy atom. The zero-order chi connectivity index (χ0) is 12.5. The lowest BCUT2D eigenvalue weighted by Crippen LogP contribution is -2.00. The van der Waals surface area contributed by atoms with E-state index in [0.29, 0.717) is 0 Å². The highest BCUT2D eigenvalue weighted by atomic mass is 32.1. The largest absolute Gasteiger partial charge is 0.364 e. The van der Waals surface area contributed by atoms with Crippen molar-refractivity contribution < 1.29 is 0 Å². The van der Waals surface area contributed by atoms with Crippen molar-refractivity contribution in [2.24, 2.45) is 0 Å². The number of nitrogens with one attached hydrogen (secondary N) is 1. The Hall–Kier alpha value is -1.46. The number of aromatic nitrogens is 2. The molecule has 0 aliphatic carbocycles. The highest BCUT2D eigenvalue weighted by molar-refractivity contribution is 7.17. The maximum absolute atomic E-state index is 4.32. The number of thiophene rings is 2. The first-order chi connectivity index (χ1) is 8.74. The van der Waals surface area contributed by atoms with Gasteiger partial charge in [-0.2, -0.15) is 0 Å². The van der Waals surface area contributed by atoms with Gasteiger partial charge in [0.1, 0.15) is 12.1 Å². The first-order valence-electron chi connectivity index (χ1n) is 5.72. The lowest BCUT2D eigenvalue weighted by molar-refractivity contribution is 1.13. The minimum atomic E-state index is 0.823. The topological polar surface area (TPSA) is 37.8 Å². The van der Waals surface area contributed by atoms with Crippen LogP contribution in [0, 0.1) is 13.8 Å². The molecule has 3 aromatic rings. The Kier molecular flexibility index (Phi) is 3.01. The predicted octanol–water partition coefficient (Wildman–Crippen LogP) is 3.98. The molecule has 1 N–H and O–H groups in total. The minimum Gasteiger partial charge on any atom is -0.364 e. The molecule has 0 fully saturated rings. The number of aryl methyl sites for hydroxylation is 2. The number of fused-ring (bicyclic) bond motifs is 1. The van der Waals surface area contributed by atoms with Crippen LogP contribution in [0.25, 0.3) is 10.2 Å². The van der Waals surface area contributed by atoms with Crippen molar-refractivity contribution in [2.45, 2.75) is 20.4 Å². The standard InChI is InChI=1S/C13H13N3S2/c1-8-5-10(18-9(8)2)6-14-13-12-11(3-4-17-12)15-7-16-13/h3-5,7H,6H2,1-2H3,(H,14,15,16). The Balaban J connectivity index is 1.82. The summed E-state index contributed by atoms with van der Waals surface area (Å²) in [7, 11) is 0. The summed E-state index contributed by atoms with van der Waals surface area (Å²) < 4.78 is 1.13. The van der Waals surface area contributed by atoms with E-state index in [0.717, 1.165) is 22.6 Å². The molecule has 5 heteroatoms. The minimum absolute atomic E-state index is 0.823. The average Bonchev–Trinajstić information content (AvgIpc) is 2.94. The molecular weight excluding hydrogens is 262 g/mol. The molecule has 0 saturated carbocycles. The summed E-state index contributed by atoms with van der Waals surface area (Å²) >= 11 is 3.51. The van der Waals surface area contributed by atoms with Crippen LogP contribution in [0.15, 0.2) is 23.8 Å². The van der Waals surface area contributed by atoms with Gasteiger partial charge in [-0.1, -0.05) is 0 Å². The summed E-state index contributed by atoms with van der Waals surface area (Å²) in [5.41, 5.74) is 2.37. The second kappa shape index (κ2) is 4.66. The smallest absolute Gasteiger partial charge is 0.147 e. The normalized spacial score (nSPS) is 11.0. The van der Waals surface area contributed by atoms with E-state index in [1.807, 2.05) is 22.8 Å². The second-order valence-corrected chi connectivity index (χ2v) is 6.42. The Labute approximate surface area is 114 Å². The van der Waals surface area contributed by atoms with Crippen LogP contribution in [-0.2, 0) is 6.54 Å². The quantitative estimate of drug-likeness (QED) is 0.785. The van der Waals surface area contributed by atoms with E-state index >= 15 is 0 Å². The molecular formula is C13H13N3S2. The first-order valence-corrected chi connectivity index (χ1v) is 7.41. The van der Waals surface area contributed by atoms with Gasteiger partial charge in [-0.25, -0.2) is 9.97 Å². The molecule has 3 aromatic heterocycles. The van der Waals surface area contributed by atoms with E-state index in [9.17, 15) is 0 Å². The van der Waals surface area contributed by atoms with Gasteiger partial charge in [0.05, 0.1) is 16.8 Å². The number of rotatable bonds is 3. The zero-order valence-electron chi connectivity index (χ0n) is 10.2. The van der Waals surface area contributed by atoms with E-state index in [2.05, 4.69) is 35.2 Å². The molecule has 0 aromatic carbocycles. The molecule has 0 aliphatic rings. The SMILES string of the molecule is Cc1cc(CNc2ncnc3ccsc23)sc1C. The molecule has 0 bridgehead atoms. The summed E-state index contributed by atoms with van der Waals surface area (Å²) in [5, 5.41) is 5.45. The average molecular weight is 275 g/mol. The highest BCUT2D eigenvalue weighted by Crippen LogP contribution is 2.26. The maximum atomic E-state index is 4.32. The number of hydrogen-bond acceptors (Lipinski definition) is 5. The van der Waals surface area contributed by atoms with Crippen LogP contribution >= 0.6 is 22.7 Å². The van der Waals surface area contributed by atoms with Crippen molar-refractivity contribution >= 4 is 38.7 Å². The van der Waals surface area contributed by atoms with Gasteiger partial charge in [0.15, 0.2) is 0 Å². The fourth-order valence-electron chi connectivity index (χ4n) is 1.82. The first kappa shape index (κ1) is 11.6. The molecule has 92 valence electrons. The van der Waals surface area contributed by atoms with Crippen LogP contribution in [0.3, 0.4) is 0 Å². The third kappa shape index (κ3) is 2.11. The molecule has 0 spiro atoms. The van der Waals surface area contributed by atoms with E-state index < -0.39 is 0 Å². The van der Waals surface area contributed by atoms with Crippen molar-refractivity contribution in [3.05, 3.63) is 39.2 Å². The zero-order valence-corrected chi connectivity index (χ0v) is 11.9.